The Bertz CT molecular complexity index is 1140. The smallest absolute Gasteiger partial charge is 0.416 e. The van der Waals surface area contributed by atoms with Gasteiger partial charge in [0.1, 0.15) is 6.10 Å². The largest absolute Gasteiger partial charge is 0.493 e. The van der Waals surface area contributed by atoms with Gasteiger partial charge in [-0.05, 0) is 43.3 Å². The van der Waals surface area contributed by atoms with Crippen LogP contribution >= 0.6 is 11.8 Å². The van der Waals surface area contributed by atoms with Crippen molar-refractivity contribution in [3.63, 3.8) is 0 Å². The van der Waals surface area contributed by atoms with Crippen molar-refractivity contribution in [3.05, 3.63) is 53.6 Å². The third-order valence-electron chi connectivity index (χ3n) is 6.44. The molecule has 2 unspecified atom stereocenters. The number of carbonyl (C=O) groups is 1. The van der Waals surface area contributed by atoms with Crippen LogP contribution < -0.4 is 14.4 Å². The van der Waals surface area contributed by atoms with Crippen LogP contribution in [0.15, 0.2) is 47.5 Å². The highest BCUT2D eigenvalue weighted by atomic mass is 32.2. The number of halogens is 3. The summed E-state index contributed by atoms with van der Waals surface area (Å²) < 4.78 is 55.7. The van der Waals surface area contributed by atoms with Crippen LogP contribution in [0.1, 0.15) is 18.1 Å². The first-order valence-electron chi connectivity index (χ1n) is 11.9. The number of nitrogens with zero attached hydrogens (tertiary/aromatic N) is 3. The van der Waals surface area contributed by atoms with Gasteiger partial charge in [0.2, 0.25) is 11.8 Å². The van der Waals surface area contributed by atoms with E-state index in [1.54, 1.807) is 31.3 Å². The van der Waals surface area contributed by atoms with Crippen LogP contribution in [0.5, 0.6) is 11.5 Å². The Morgan fingerprint density at radius 3 is 2.49 bits per heavy atom. The van der Waals surface area contributed by atoms with Crippen LogP contribution in [-0.2, 0) is 15.7 Å². The molecule has 1 fully saturated rings. The highest BCUT2D eigenvalue weighted by molar-refractivity contribution is 8.00. The third-order valence-corrected chi connectivity index (χ3v) is 7.47. The molecule has 0 aliphatic carbocycles. The molecule has 2 aliphatic heterocycles. The van der Waals surface area contributed by atoms with Gasteiger partial charge in [-0.25, -0.2) is 4.99 Å². The highest BCUT2D eigenvalue weighted by Crippen LogP contribution is 2.32. The number of anilines is 1. The molecule has 200 valence electrons. The number of hydrogen-bond donors (Lipinski definition) is 0. The molecule has 0 aromatic heterocycles. The second-order valence-electron chi connectivity index (χ2n) is 8.83. The summed E-state index contributed by atoms with van der Waals surface area (Å²) >= 11 is 1.51. The van der Waals surface area contributed by atoms with E-state index in [0.717, 1.165) is 17.7 Å². The molecular formula is C26H30F3N3O4S. The van der Waals surface area contributed by atoms with Crippen LogP contribution in [0.4, 0.5) is 18.9 Å². The maximum Gasteiger partial charge on any atom is 0.416 e. The molecule has 7 nitrogen and oxygen atoms in total. The number of hydrogen-bond acceptors (Lipinski definition) is 7. The molecule has 11 heteroatoms. The van der Waals surface area contributed by atoms with Crippen molar-refractivity contribution in [2.75, 3.05) is 56.8 Å². The van der Waals surface area contributed by atoms with E-state index in [1.165, 1.54) is 17.8 Å². The first-order valence-corrected chi connectivity index (χ1v) is 13.1. The topological polar surface area (TPSA) is 63.6 Å². The van der Waals surface area contributed by atoms with Crippen molar-refractivity contribution in [2.45, 2.75) is 25.2 Å². The number of benzene rings is 2. The first kappa shape index (κ1) is 27.0. The van der Waals surface area contributed by atoms with Crippen LogP contribution in [-0.4, -0.2) is 80.8 Å². The minimum atomic E-state index is -4.38. The van der Waals surface area contributed by atoms with E-state index >= 15 is 0 Å². The van der Waals surface area contributed by atoms with Gasteiger partial charge in [0, 0.05) is 43.2 Å². The van der Waals surface area contributed by atoms with E-state index in [2.05, 4.69) is 0 Å². The van der Waals surface area contributed by atoms with Gasteiger partial charge in [-0.15, -0.1) is 11.8 Å². The molecule has 2 heterocycles. The lowest BCUT2D eigenvalue weighted by atomic mass is 10.1. The van der Waals surface area contributed by atoms with Crippen LogP contribution in [0.3, 0.4) is 0 Å². The molecule has 0 saturated carbocycles. The Kier molecular flexibility index (Phi) is 8.41. The predicted octanol–water partition coefficient (Wildman–Crippen LogP) is 4.34. The molecule has 0 bridgehead atoms. The molecule has 1 saturated heterocycles. The second-order valence-corrected chi connectivity index (χ2v) is 9.86. The van der Waals surface area contributed by atoms with Gasteiger partial charge in [0.15, 0.2) is 11.5 Å². The monoisotopic (exact) mass is 537 g/mol. The Labute approximate surface area is 218 Å². The molecule has 0 N–H and O–H groups in total. The zero-order valence-corrected chi connectivity index (χ0v) is 21.8. The maximum absolute atomic E-state index is 13.0. The summed E-state index contributed by atoms with van der Waals surface area (Å²) in [5, 5.41) is 0. The van der Waals surface area contributed by atoms with Gasteiger partial charge in [-0.1, -0.05) is 6.07 Å². The summed E-state index contributed by atoms with van der Waals surface area (Å²) in [6.07, 6.45) is -4.50. The van der Waals surface area contributed by atoms with Gasteiger partial charge in [-0.2, -0.15) is 13.2 Å². The minimum Gasteiger partial charge on any atom is -0.493 e. The minimum absolute atomic E-state index is 0.0179. The first-order chi connectivity index (χ1) is 17.7. The number of thioether (sulfide) groups is 1. The molecule has 1 amide bonds. The fourth-order valence-electron chi connectivity index (χ4n) is 4.28. The second kappa shape index (κ2) is 11.5. The summed E-state index contributed by atoms with van der Waals surface area (Å²) in [6.45, 7) is 3.88. The standard InChI is InChI=1S/C26H30F3N3O4S/c1-17-21(30-25(36-17)18-7-8-22(34-2)23(13-18)35-3)15-37-16-24(33)32-11-9-31(10-12-32)20-6-4-5-19(14-20)26(27,28)29/h4-8,13-14,17,21H,9-12,15-16H2,1-3H3. The van der Waals surface area contributed by atoms with Crippen molar-refractivity contribution >= 4 is 29.3 Å². The highest BCUT2D eigenvalue weighted by Gasteiger charge is 2.32. The van der Waals surface area contributed by atoms with Crippen molar-refractivity contribution < 1.29 is 32.2 Å². The predicted molar refractivity (Wildman–Crippen MR) is 138 cm³/mol. The molecular weight excluding hydrogens is 507 g/mol. The Morgan fingerprint density at radius 2 is 1.81 bits per heavy atom. The van der Waals surface area contributed by atoms with Crippen molar-refractivity contribution in [1.82, 2.24) is 4.90 Å². The molecule has 4 rings (SSSR count). The summed E-state index contributed by atoms with van der Waals surface area (Å²) in [4.78, 5) is 21.1. The summed E-state index contributed by atoms with van der Waals surface area (Å²) in [7, 11) is 3.15. The Morgan fingerprint density at radius 1 is 1.08 bits per heavy atom. The van der Waals surface area contributed by atoms with E-state index in [-0.39, 0.29) is 18.1 Å². The summed E-state index contributed by atoms with van der Waals surface area (Å²) in [6, 6.07) is 10.7. The number of rotatable bonds is 8. The fraction of sp³-hybridized carbons (Fsp3) is 0.462. The molecule has 0 radical (unpaired) electrons. The lowest BCUT2D eigenvalue weighted by molar-refractivity contribution is -0.137. The molecule has 37 heavy (non-hydrogen) atoms. The van der Waals surface area contributed by atoms with E-state index in [1.807, 2.05) is 24.0 Å². The van der Waals surface area contributed by atoms with E-state index in [0.29, 0.717) is 60.8 Å². The molecule has 0 spiro atoms. The SMILES string of the molecule is COc1ccc(C2=NC(CSCC(=O)N3CCN(c4cccc(C(F)(F)F)c4)CC3)C(C)O2)cc1OC. The number of amides is 1. The Balaban J connectivity index is 1.26. The van der Waals surface area contributed by atoms with Crippen molar-refractivity contribution in [3.8, 4) is 11.5 Å². The fourth-order valence-corrected chi connectivity index (χ4v) is 5.34. The number of alkyl halides is 3. The molecule has 2 atom stereocenters. The normalized spacial score (nSPS) is 19.9. The quantitative estimate of drug-likeness (QED) is 0.500. The van der Waals surface area contributed by atoms with E-state index in [9.17, 15) is 18.0 Å². The van der Waals surface area contributed by atoms with Gasteiger partial charge >= 0.3 is 6.18 Å². The van der Waals surface area contributed by atoms with Gasteiger partial charge in [0.25, 0.3) is 0 Å². The van der Waals surface area contributed by atoms with Gasteiger partial charge in [-0.3, -0.25) is 4.79 Å². The number of piperazine rings is 1. The van der Waals surface area contributed by atoms with Crippen LogP contribution in [0.2, 0.25) is 0 Å². The average Bonchev–Trinajstić information content (AvgIpc) is 3.28. The zero-order chi connectivity index (χ0) is 26.6. The zero-order valence-electron chi connectivity index (χ0n) is 21.0. The Hall–Kier alpha value is -3.08. The van der Waals surface area contributed by atoms with Crippen LogP contribution in [0, 0.1) is 0 Å². The lowest BCUT2D eigenvalue weighted by Gasteiger charge is -2.36. The maximum atomic E-state index is 13.0. The molecule has 2 aromatic rings. The summed E-state index contributed by atoms with van der Waals surface area (Å²) in [5.41, 5.74) is 0.656. The average molecular weight is 538 g/mol. The van der Waals surface area contributed by atoms with Gasteiger partial charge in [0.05, 0.1) is 31.6 Å². The lowest BCUT2D eigenvalue weighted by Crippen LogP contribution is -2.49. The van der Waals surface area contributed by atoms with E-state index in [4.69, 9.17) is 19.2 Å². The molecule has 2 aliphatic rings. The number of aliphatic imine (C=N–C) groups is 1. The van der Waals surface area contributed by atoms with Crippen LogP contribution in [0.25, 0.3) is 0 Å². The number of carbonyl (C=O) groups excluding carboxylic acids is 1. The molecule has 2 aromatic carbocycles. The van der Waals surface area contributed by atoms with Crippen molar-refractivity contribution in [2.24, 2.45) is 4.99 Å². The third kappa shape index (κ3) is 6.44. The van der Waals surface area contributed by atoms with E-state index < -0.39 is 11.7 Å². The number of methoxy groups -OCH3 is 2. The van der Waals surface area contributed by atoms with Crippen molar-refractivity contribution in [1.29, 1.82) is 0 Å². The van der Waals surface area contributed by atoms with Gasteiger partial charge < -0.3 is 24.0 Å². The summed E-state index contributed by atoms with van der Waals surface area (Å²) in [5.74, 6) is 2.72. The number of ether oxygens (including phenoxy) is 3.